The second kappa shape index (κ2) is 8.13. The molecule has 0 spiro atoms. The third-order valence-corrected chi connectivity index (χ3v) is 5.49. The fraction of sp³-hybridized carbons (Fsp3) is 0.125. The number of carbonyl (C=O) groups is 1. The van der Waals surface area contributed by atoms with Crippen LogP contribution in [-0.2, 0) is 11.3 Å². The molecule has 11 heteroatoms. The van der Waals surface area contributed by atoms with Crippen molar-refractivity contribution in [3.8, 4) is 34.3 Å². The molecule has 0 saturated carbocycles. The van der Waals surface area contributed by atoms with Gasteiger partial charge in [0.15, 0.2) is 17.1 Å². The molecule has 0 aliphatic carbocycles. The Balaban J connectivity index is 1.28. The van der Waals surface area contributed by atoms with Crippen LogP contribution < -0.4 is 20.5 Å². The van der Waals surface area contributed by atoms with Gasteiger partial charge in [-0.25, -0.2) is 13.9 Å². The molecule has 0 saturated heterocycles. The maximum absolute atomic E-state index is 12.9. The number of pyridine rings is 1. The summed E-state index contributed by atoms with van der Waals surface area (Å²) in [5.74, 6) is 1.38. The molecule has 1 N–H and O–H groups in total. The molecule has 0 fully saturated rings. The van der Waals surface area contributed by atoms with Crippen LogP contribution in [0.3, 0.4) is 0 Å². The average molecular weight is 470 g/mol. The predicted octanol–water partition coefficient (Wildman–Crippen LogP) is 2.89. The van der Waals surface area contributed by atoms with Crippen molar-refractivity contribution in [1.29, 1.82) is 0 Å². The molecule has 11 nitrogen and oxygen atoms in total. The average Bonchev–Trinajstić information content (AvgIpc) is 3.59. The summed E-state index contributed by atoms with van der Waals surface area (Å²) in [6.07, 6.45) is 1.57. The molecule has 1 aliphatic rings. The second-order valence-electron chi connectivity index (χ2n) is 7.96. The van der Waals surface area contributed by atoms with Gasteiger partial charge in [0.1, 0.15) is 6.54 Å². The largest absolute Gasteiger partial charge is 0.454 e. The number of amides is 1. The summed E-state index contributed by atoms with van der Waals surface area (Å²) in [5, 5.41) is 11.2. The Morgan fingerprint density at radius 3 is 2.86 bits per heavy atom. The van der Waals surface area contributed by atoms with Crippen molar-refractivity contribution >= 4 is 17.2 Å². The SMILES string of the molecule is Cc1cccc(-c2noc(-c3cccn4c(=O)n(CC(=O)Nc5ccc6c(c5)OCO6)nc34)n2)c1. The Morgan fingerprint density at radius 1 is 1.09 bits per heavy atom. The number of carbonyl (C=O) groups excluding carboxylic acids is 1. The summed E-state index contributed by atoms with van der Waals surface area (Å²) >= 11 is 0. The van der Waals surface area contributed by atoms with Crippen molar-refractivity contribution in [1.82, 2.24) is 24.3 Å². The molecule has 2 aromatic carbocycles. The van der Waals surface area contributed by atoms with Crippen LogP contribution in [0.2, 0.25) is 0 Å². The van der Waals surface area contributed by atoms with E-state index in [0.717, 1.165) is 15.8 Å². The molecule has 3 aromatic heterocycles. The molecule has 0 unspecified atom stereocenters. The van der Waals surface area contributed by atoms with Crippen LogP contribution in [0.1, 0.15) is 5.56 Å². The van der Waals surface area contributed by atoms with Crippen LogP contribution in [0, 0.1) is 6.92 Å². The number of aryl methyl sites for hydroxylation is 1. The number of hydrogen-bond acceptors (Lipinski definition) is 8. The van der Waals surface area contributed by atoms with E-state index in [1.165, 1.54) is 4.40 Å². The maximum atomic E-state index is 12.9. The number of ether oxygens (including phenoxy) is 2. The Labute approximate surface area is 197 Å². The first-order valence-corrected chi connectivity index (χ1v) is 10.7. The highest BCUT2D eigenvalue weighted by molar-refractivity contribution is 5.91. The topological polar surface area (TPSA) is 126 Å². The first kappa shape index (κ1) is 20.7. The van der Waals surface area contributed by atoms with Gasteiger partial charge >= 0.3 is 5.69 Å². The van der Waals surface area contributed by atoms with Crippen molar-refractivity contribution in [3.63, 3.8) is 0 Å². The summed E-state index contributed by atoms with van der Waals surface area (Å²) in [5.41, 5.74) is 2.71. The second-order valence-corrected chi connectivity index (χ2v) is 7.96. The lowest BCUT2D eigenvalue weighted by Crippen LogP contribution is -2.28. The smallest absolute Gasteiger partial charge is 0.350 e. The molecule has 6 rings (SSSR count). The molecule has 0 bridgehead atoms. The molecule has 5 aromatic rings. The van der Waals surface area contributed by atoms with Crippen LogP contribution in [0.15, 0.2) is 70.1 Å². The van der Waals surface area contributed by atoms with Gasteiger partial charge in [-0.05, 0) is 37.3 Å². The van der Waals surface area contributed by atoms with E-state index in [0.29, 0.717) is 34.2 Å². The van der Waals surface area contributed by atoms with Crippen LogP contribution in [0.4, 0.5) is 5.69 Å². The van der Waals surface area contributed by atoms with Crippen LogP contribution in [-0.4, -0.2) is 37.0 Å². The molecule has 35 heavy (non-hydrogen) atoms. The number of fused-ring (bicyclic) bond motifs is 2. The lowest BCUT2D eigenvalue weighted by atomic mass is 10.1. The standard InChI is InChI=1S/C24H18N6O5/c1-14-4-2-5-15(10-14)21-26-23(35-28-21)17-6-3-9-29-22(17)27-30(24(29)32)12-20(31)25-16-7-8-18-19(11-16)34-13-33-18/h2-11H,12-13H2,1H3,(H,25,31). The minimum atomic E-state index is -0.471. The van der Waals surface area contributed by atoms with Gasteiger partial charge in [-0.3, -0.25) is 4.79 Å². The number of rotatable bonds is 5. The van der Waals surface area contributed by atoms with Crippen LogP contribution in [0.5, 0.6) is 11.5 Å². The Bertz CT molecular complexity index is 1650. The van der Waals surface area contributed by atoms with E-state index in [1.807, 2.05) is 31.2 Å². The van der Waals surface area contributed by atoms with E-state index in [2.05, 4.69) is 20.6 Å². The van der Waals surface area contributed by atoms with E-state index in [9.17, 15) is 9.59 Å². The summed E-state index contributed by atoms with van der Waals surface area (Å²) in [7, 11) is 0. The summed E-state index contributed by atoms with van der Waals surface area (Å²) in [6.45, 7) is 1.83. The third kappa shape index (κ3) is 3.78. The summed E-state index contributed by atoms with van der Waals surface area (Å²) in [4.78, 5) is 30.0. The fourth-order valence-corrected chi connectivity index (χ4v) is 3.85. The van der Waals surface area contributed by atoms with E-state index in [-0.39, 0.29) is 19.2 Å². The normalized spacial score (nSPS) is 12.3. The van der Waals surface area contributed by atoms with Crippen molar-refractivity contribution in [2.24, 2.45) is 0 Å². The fourth-order valence-electron chi connectivity index (χ4n) is 3.85. The molecule has 0 radical (unpaired) electrons. The Hall–Kier alpha value is -4.93. The quantitative estimate of drug-likeness (QED) is 0.416. The highest BCUT2D eigenvalue weighted by Gasteiger charge is 2.19. The van der Waals surface area contributed by atoms with Crippen molar-refractivity contribution < 1.29 is 18.8 Å². The zero-order valence-corrected chi connectivity index (χ0v) is 18.5. The van der Waals surface area contributed by atoms with Gasteiger partial charge in [-0.15, -0.1) is 5.10 Å². The van der Waals surface area contributed by atoms with Gasteiger partial charge in [0.05, 0.1) is 5.56 Å². The number of anilines is 1. The van der Waals surface area contributed by atoms with Gasteiger partial charge in [0, 0.05) is 23.5 Å². The van der Waals surface area contributed by atoms with Crippen molar-refractivity contribution in [2.45, 2.75) is 13.5 Å². The van der Waals surface area contributed by atoms with Crippen LogP contribution in [0.25, 0.3) is 28.5 Å². The van der Waals surface area contributed by atoms with Crippen molar-refractivity contribution in [2.75, 3.05) is 12.1 Å². The number of nitrogens with zero attached hydrogens (tertiary/aromatic N) is 5. The van der Waals surface area contributed by atoms with E-state index < -0.39 is 11.6 Å². The van der Waals surface area contributed by atoms with Crippen molar-refractivity contribution in [3.05, 3.63) is 76.8 Å². The van der Waals surface area contributed by atoms with Gasteiger partial charge in [-0.2, -0.15) is 4.98 Å². The minimum Gasteiger partial charge on any atom is -0.454 e. The molecule has 174 valence electrons. The van der Waals surface area contributed by atoms with Crippen LogP contribution >= 0.6 is 0 Å². The predicted molar refractivity (Wildman–Crippen MR) is 124 cm³/mol. The molecule has 4 heterocycles. The lowest BCUT2D eigenvalue weighted by molar-refractivity contribution is -0.117. The number of aromatic nitrogens is 5. The molecule has 0 atom stereocenters. The number of benzene rings is 2. The minimum absolute atomic E-state index is 0.137. The van der Waals surface area contributed by atoms with E-state index in [4.69, 9.17) is 14.0 Å². The highest BCUT2D eigenvalue weighted by Crippen LogP contribution is 2.34. The number of nitrogens with one attached hydrogen (secondary N) is 1. The zero-order valence-electron chi connectivity index (χ0n) is 18.5. The maximum Gasteiger partial charge on any atom is 0.350 e. The van der Waals surface area contributed by atoms with Gasteiger partial charge in [0.25, 0.3) is 5.89 Å². The molecule has 1 aliphatic heterocycles. The highest BCUT2D eigenvalue weighted by atomic mass is 16.7. The van der Waals surface area contributed by atoms with Gasteiger partial charge in [0.2, 0.25) is 18.5 Å². The van der Waals surface area contributed by atoms with Gasteiger partial charge < -0.3 is 19.3 Å². The first-order chi connectivity index (χ1) is 17.0. The summed E-state index contributed by atoms with van der Waals surface area (Å²) < 4.78 is 18.5. The Kier molecular flexibility index (Phi) is 4.80. The third-order valence-electron chi connectivity index (χ3n) is 5.49. The Morgan fingerprint density at radius 2 is 1.97 bits per heavy atom. The number of hydrogen-bond donors (Lipinski definition) is 1. The molecular formula is C24H18N6O5. The lowest BCUT2D eigenvalue weighted by Gasteiger charge is -2.05. The van der Waals surface area contributed by atoms with Gasteiger partial charge in [-0.1, -0.05) is 28.9 Å². The summed E-state index contributed by atoms with van der Waals surface area (Å²) in [6, 6.07) is 16.2. The molecular weight excluding hydrogens is 452 g/mol. The monoisotopic (exact) mass is 470 g/mol. The van der Waals surface area contributed by atoms with E-state index >= 15 is 0 Å². The van der Waals surface area contributed by atoms with E-state index in [1.54, 1.807) is 36.5 Å². The first-order valence-electron chi connectivity index (χ1n) is 10.7. The molecule has 1 amide bonds. The zero-order chi connectivity index (χ0) is 23.9.